The molecule has 0 aliphatic rings. The van der Waals surface area contributed by atoms with Crippen molar-refractivity contribution in [2.75, 3.05) is 5.32 Å². The molecule has 0 saturated heterocycles. The fraction of sp³-hybridized carbons (Fsp3) is 0.0370. The quantitative estimate of drug-likeness (QED) is 0.233. The van der Waals surface area contributed by atoms with E-state index in [1.807, 2.05) is 0 Å². The zero-order valence-electron chi connectivity index (χ0n) is 19.2. The van der Waals surface area contributed by atoms with Crippen LogP contribution in [0.2, 0.25) is 0 Å². The highest BCUT2D eigenvalue weighted by molar-refractivity contribution is 6.14. The molecule has 3 N–H and O–H groups in total. The summed E-state index contributed by atoms with van der Waals surface area (Å²) in [5.74, 6) is -3.99. The Kier molecular flexibility index (Phi) is 6.11. The van der Waals surface area contributed by atoms with Crippen molar-refractivity contribution >= 4 is 28.5 Å². The summed E-state index contributed by atoms with van der Waals surface area (Å²) in [7, 11) is 0. The van der Waals surface area contributed by atoms with Gasteiger partial charge in [0.05, 0.1) is 28.1 Å². The molecule has 0 aliphatic heterocycles. The minimum atomic E-state index is -4.94. The third-order valence-electron chi connectivity index (χ3n) is 5.81. The van der Waals surface area contributed by atoms with Crippen molar-refractivity contribution in [3.8, 4) is 22.6 Å². The SMILES string of the molecule is O=C(O)c1ccc2[nH]c(-c3ccccc3)c(NC(=O)c3cc(-c4ncccn4)c(C(F)(F)F)cc3F)c2c1. The summed E-state index contributed by atoms with van der Waals surface area (Å²) in [6.45, 7) is 0. The fourth-order valence-corrected chi connectivity index (χ4v) is 4.06. The number of aromatic amines is 1. The molecule has 0 radical (unpaired) electrons. The van der Waals surface area contributed by atoms with Crippen molar-refractivity contribution in [3.05, 3.63) is 102 Å². The molecule has 0 saturated carbocycles. The predicted molar refractivity (Wildman–Crippen MR) is 131 cm³/mol. The first-order chi connectivity index (χ1) is 18.1. The Hall–Kier alpha value is -5.06. The van der Waals surface area contributed by atoms with E-state index >= 15 is 0 Å². The number of alkyl halides is 3. The van der Waals surface area contributed by atoms with Gasteiger partial charge in [-0.2, -0.15) is 13.2 Å². The zero-order chi connectivity index (χ0) is 27.0. The number of fused-ring (bicyclic) bond motifs is 1. The lowest BCUT2D eigenvalue weighted by molar-refractivity contribution is -0.137. The van der Waals surface area contributed by atoms with Gasteiger partial charge in [-0.1, -0.05) is 30.3 Å². The number of nitrogens with zero attached hydrogens (tertiary/aromatic N) is 2. The van der Waals surface area contributed by atoms with Gasteiger partial charge >= 0.3 is 12.1 Å². The monoisotopic (exact) mass is 520 g/mol. The lowest BCUT2D eigenvalue weighted by Crippen LogP contribution is -2.17. The molecule has 0 bridgehead atoms. The third-order valence-corrected chi connectivity index (χ3v) is 5.81. The van der Waals surface area contributed by atoms with Gasteiger partial charge in [-0.05, 0) is 36.4 Å². The van der Waals surface area contributed by atoms with Gasteiger partial charge in [-0.3, -0.25) is 4.79 Å². The van der Waals surface area contributed by atoms with E-state index in [1.54, 1.807) is 30.3 Å². The Morgan fingerprint density at radius 1 is 0.921 bits per heavy atom. The predicted octanol–water partition coefficient (Wildman–Crippen LogP) is 6.40. The molecule has 2 heterocycles. The van der Waals surface area contributed by atoms with Crippen LogP contribution in [0.3, 0.4) is 0 Å². The maximum absolute atomic E-state index is 15.0. The first-order valence-corrected chi connectivity index (χ1v) is 11.1. The highest BCUT2D eigenvalue weighted by Crippen LogP contribution is 2.39. The van der Waals surface area contributed by atoms with Crippen molar-refractivity contribution in [1.29, 1.82) is 0 Å². The number of amides is 1. The molecule has 0 aliphatic carbocycles. The first-order valence-electron chi connectivity index (χ1n) is 11.1. The van der Waals surface area contributed by atoms with Gasteiger partial charge in [0.15, 0.2) is 5.82 Å². The van der Waals surface area contributed by atoms with E-state index in [4.69, 9.17) is 0 Å². The molecule has 3 aromatic carbocycles. The van der Waals surface area contributed by atoms with Crippen molar-refractivity contribution in [2.45, 2.75) is 6.18 Å². The number of hydrogen-bond acceptors (Lipinski definition) is 4. The molecule has 7 nitrogen and oxygen atoms in total. The van der Waals surface area contributed by atoms with Gasteiger partial charge in [-0.15, -0.1) is 0 Å². The maximum atomic E-state index is 15.0. The Bertz CT molecular complexity index is 1680. The van der Waals surface area contributed by atoms with Crippen LogP contribution in [0, 0.1) is 5.82 Å². The summed E-state index contributed by atoms with van der Waals surface area (Å²) in [6, 6.07) is 15.4. The van der Waals surface area contributed by atoms with Crippen LogP contribution in [0.4, 0.5) is 23.2 Å². The summed E-state index contributed by atoms with van der Waals surface area (Å²) in [4.78, 5) is 35.6. The summed E-state index contributed by atoms with van der Waals surface area (Å²) in [5, 5.41) is 12.3. The smallest absolute Gasteiger partial charge is 0.417 e. The number of carbonyl (C=O) groups is 2. The van der Waals surface area contributed by atoms with Gasteiger partial charge in [0, 0.05) is 34.4 Å². The maximum Gasteiger partial charge on any atom is 0.417 e. The molecular formula is C27H16F4N4O3. The third kappa shape index (κ3) is 4.57. The number of benzene rings is 3. The van der Waals surface area contributed by atoms with E-state index in [2.05, 4.69) is 20.3 Å². The number of H-pyrrole nitrogens is 1. The van der Waals surface area contributed by atoms with Crippen LogP contribution in [-0.2, 0) is 6.18 Å². The Morgan fingerprint density at radius 2 is 1.63 bits per heavy atom. The molecule has 5 aromatic rings. The second-order valence-electron chi connectivity index (χ2n) is 8.21. The molecule has 11 heteroatoms. The number of carbonyl (C=O) groups excluding carboxylic acids is 1. The van der Waals surface area contributed by atoms with Gasteiger partial charge in [0.2, 0.25) is 0 Å². The lowest BCUT2D eigenvalue weighted by Gasteiger charge is -2.15. The molecule has 0 fully saturated rings. The van der Waals surface area contributed by atoms with Crippen LogP contribution in [0.1, 0.15) is 26.3 Å². The molecule has 190 valence electrons. The van der Waals surface area contributed by atoms with E-state index in [0.717, 1.165) is 6.07 Å². The zero-order valence-corrected chi connectivity index (χ0v) is 19.2. The van der Waals surface area contributed by atoms with E-state index in [9.17, 15) is 32.3 Å². The van der Waals surface area contributed by atoms with Crippen LogP contribution in [0.15, 0.2) is 79.1 Å². The van der Waals surface area contributed by atoms with Crippen LogP contribution in [0.25, 0.3) is 33.5 Å². The van der Waals surface area contributed by atoms with Crippen molar-refractivity contribution in [1.82, 2.24) is 15.0 Å². The van der Waals surface area contributed by atoms with Gasteiger partial charge in [0.1, 0.15) is 5.82 Å². The number of carboxylic acids is 1. The molecular weight excluding hydrogens is 504 g/mol. The highest BCUT2D eigenvalue weighted by atomic mass is 19.4. The summed E-state index contributed by atoms with van der Waals surface area (Å²) >= 11 is 0. The Labute approximate surface area is 211 Å². The van der Waals surface area contributed by atoms with Gasteiger partial charge < -0.3 is 15.4 Å². The summed E-state index contributed by atoms with van der Waals surface area (Å²) in [6.07, 6.45) is -2.48. The number of carboxylic acid groups (broad SMARTS) is 1. The number of aromatic carboxylic acids is 1. The van der Waals surface area contributed by atoms with E-state index in [1.165, 1.54) is 36.7 Å². The highest BCUT2D eigenvalue weighted by Gasteiger charge is 2.36. The van der Waals surface area contributed by atoms with Gasteiger partial charge in [-0.25, -0.2) is 19.2 Å². The number of rotatable bonds is 5. The van der Waals surface area contributed by atoms with Gasteiger partial charge in [0.25, 0.3) is 5.91 Å². The number of halogens is 4. The Morgan fingerprint density at radius 3 is 2.29 bits per heavy atom. The number of aromatic nitrogens is 3. The lowest BCUT2D eigenvalue weighted by atomic mass is 10.0. The van der Waals surface area contributed by atoms with Crippen molar-refractivity contribution in [2.24, 2.45) is 0 Å². The van der Waals surface area contributed by atoms with E-state index < -0.39 is 40.6 Å². The van der Waals surface area contributed by atoms with Crippen LogP contribution >= 0.6 is 0 Å². The van der Waals surface area contributed by atoms with Crippen LogP contribution < -0.4 is 5.32 Å². The molecule has 5 rings (SSSR count). The standard InChI is InChI=1S/C27H16F4N4O3/c28-20-13-19(27(29,30)31)16(24-32-9-4-10-33-24)12-17(20)25(36)35-23-18-11-15(26(37)38)7-8-21(18)34-22(23)14-5-2-1-3-6-14/h1-13,34H,(H,35,36)(H,37,38). The van der Waals surface area contributed by atoms with Crippen LogP contribution in [0.5, 0.6) is 0 Å². The van der Waals surface area contributed by atoms with E-state index in [-0.39, 0.29) is 23.1 Å². The number of anilines is 1. The second kappa shape index (κ2) is 9.43. The Balaban J connectivity index is 1.66. The molecule has 0 spiro atoms. The average molecular weight is 520 g/mol. The van der Waals surface area contributed by atoms with E-state index in [0.29, 0.717) is 22.2 Å². The minimum absolute atomic E-state index is 0.0594. The molecule has 0 unspecified atom stereocenters. The van der Waals surface area contributed by atoms with Crippen molar-refractivity contribution < 1.29 is 32.3 Å². The summed E-state index contributed by atoms with van der Waals surface area (Å²) < 4.78 is 56.1. The normalized spacial score (nSPS) is 11.5. The molecule has 2 aromatic heterocycles. The van der Waals surface area contributed by atoms with Crippen molar-refractivity contribution in [3.63, 3.8) is 0 Å². The summed E-state index contributed by atoms with van der Waals surface area (Å²) in [5.41, 5.74) is -0.996. The second-order valence-corrected chi connectivity index (χ2v) is 8.21. The molecule has 1 amide bonds. The molecule has 0 atom stereocenters. The topological polar surface area (TPSA) is 108 Å². The van der Waals surface area contributed by atoms with Crippen LogP contribution in [-0.4, -0.2) is 31.9 Å². The average Bonchev–Trinajstić information content (AvgIpc) is 3.26. The minimum Gasteiger partial charge on any atom is -0.478 e. The number of nitrogens with one attached hydrogen (secondary N) is 2. The fourth-order valence-electron chi connectivity index (χ4n) is 4.06. The number of hydrogen-bond donors (Lipinski definition) is 3. The first kappa shape index (κ1) is 24.6. The largest absolute Gasteiger partial charge is 0.478 e. The molecule has 38 heavy (non-hydrogen) atoms.